The molecule has 1 N–H and O–H groups in total. The van der Waals surface area contributed by atoms with Gasteiger partial charge in [-0.05, 0) is 18.3 Å². The monoisotopic (exact) mass is 170 g/mol. The number of rotatable bonds is 3. The standard InChI is InChI=1S/C11H22O/c1-2-10-4-3-5-11(7-6-10)8-9-12/h10-12H,2-9H2,1H3. The molecule has 12 heavy (non-hydrogen) atoms. The van der Waals surface area contributed by atoms with Crippen molar-refractivity contribution in [1.82, 2.24) is 0 Å². The van der Waals surface area contributed by atoms with Gasteiger partial charge in [-0.15, -0.1) is 0 Å². The number of hydrogen-bond donors (Lipinski definition) is 1. The smallest absolute Gasteiger partial charge is 0.0433 e. The maximum Gasteiger partial charge on any atom is 0.0433 e. The molecule has 1 nitrogen and oxygen atoms in total. The average Bonchev–Trinajstić information content (AvgIpc) is 2.31. The third kappa shape index (κ3) is 3.14. The highest BCUT2D eigenvalue weighted by Crippen LogP contribution is 2.30. The summed E-state index contributed by atoms with van der Waals surface area (Å²) in [5, 5.41) is 8.83. The fraction of sp³-hybridized carbons (Fsp3) is 1.00. The van der Waals surface area contributed by atoms with Gasteiger partial charge < -0.3 is 5.11 Å². The minimum Gasteiger partial charge on any atom is -0.396 e. The first-order valence-corrected chi connectivity index (χ1v) is 5.47. The molecule has 0 aliphatic heterocycles. The molecule has 0 aromatic carbocycles. The van der Waals surface area contributed by atoms with Gasteiger partial charge >= 0.3 is 0 Å². The maximum absolute atomic E-state index is 8.83. The summed E-state index contributed by atoms with van der Waals surface area (Å²) in [6.07, 6.45) is 9.33. The number of hydrogen-bond acceptors (Lipinski definition) is 1. The lowest BCUT2D eigenvalue weighted by atomic mass is 9.95. The predicted octanol–water partition coefficient (Wildman–Crippen LogP) is 2.98. The lowest BCUT2D eigenvalue weighted by Crippen LogP contribution is -2.01. The third-order valence-corrected chi connectivity index (χ3v) is 3.32. The van der Waals surface area contributed by atoms with Gasteiger partial charge in [0.25, 0.3) is 0 Å². The lowest BCUT2D eigenvalue weighted by molar-refractivity contribution is 0.246. The van der Waals surface area contributed by atoms with E-state index in [0.717, 1.165) is 18.3 Å². The Morgan fingerprint density at radius 2 is 1.75 bits per heavy atom. The van der Waals surface area contributed by atoms with E-state index < -0.39 is 0 Å². The van der Waals surface area contributed by atoms with E-state index in [1.807, 2.05) is 0 Å². The molecule has 0 heterocycles. The molecule has 0 aromatic heterocycles. The highest BCUT2D eigenvalue weighted by Gasteiger charge is 2.16. The van der Waals surface area contributed by atoms with E-state index >= 15 is 0 Å². The third-order valence-electron chi connectivity index (χ3n) is 3.32. The molecular weight excluding hydrogens is 148 g/mol. The zero-order valence-corrected chi connectivity index (χ0v) is 8.26. The highest BCUT2D eigenvalue weighted by molar-refractivity contribution is 4.69. The molecular formula is C11H22O. The molecule has 1 saturated carbocycles. The molecule has 1 fully saturated rings. The molecule has 0 bridgehead atoms. The second-order valence-corrected chi connectivity index (χ2v) is 4.16. The van der Waals surface area contributed by atoms with Crippen molar-refractivity contribution in [3.8, 4) is 0 Å². The van der Waals surface area contributed by atoms with Crippen LogP contribution in [0.1, 0.15) is 51.9 Å². The van der Waals surface area contributed by atoms with Gasteiger partial charge in [0.2, 0.25) is 0 Å². The zero-order valence-electron chi connectivity index (χ0n) is 8.26. The summed E-state index contributed by atoms with van der Waals surface area (Å²) in [6.45, 7) is 2.69. The van der Waals surface area contributed by atoms with Gasteiger partial charge in [-0.1, -0.05) is 45.4 Å². The zero-order chi connectivity index (χ0) is 8.81. The van der Waals surface area contributed by atoms with Crippen molar-refractivity contribution in [2.45, 2.75) is 51.9 Å². The van der Waals surface area contributed by atoms with Crippen LogP contribution in [-0.2, 0) is 0 Å². The van der Waals surface area contributed by atoms with Crippen molar-refractivity contribution in [3.63, 3.8) is 0 Å². The molecule has 1 aliphatic rings. The molecule has 2 unspecified atom stereocenters. The van der Waals surface area contributed by atoms with Crippen molar-refractivity contribution >= 4 is 0 Å². The Labute approximate surface area is 76.2 Å². The molecule has 0 saturated heterocycles. The first kappa shape index (κ1) is 10.0. The lowest BCUT2D eigenvalue weighted by Gasteiger charge is -2.12. The Kier molecular flexibility index (Phi) is 4.67. The summed E-state index contributed by atoms with van der Waals surface area (Å²) < 4.78 is 0. The molecule has 0 spiro atoms. The molecule has 0 radical (unpaired) electrons. The first-order chi connectivity index (χ1) is 5.86. The van der Waals surface area contributed by atoms with Crippen molar-refractivity contribution in [2.24, 2.45) is 11.8 Å². The van der Waals surface area contributed by atoms with Crippen LogP contribution in [0.2, 0.25) is 0 Å². The summed E-state index contributed by atoms with van der Waals surface area (Å²) >= 11 is 0. The average molecular weight is 170 g/mol. The highest BCUT2D eigenvalue weighted by atomic mass is 16.3. The van der Waals surface area contributed by atoms with Crippen LogP contribution in [0, 0.1) is 11.8 Å². The molecule has 0 aromatic rings. The van der Waals surface area contributed by atoms with Crippen molar-refractivity contribution < 1.29 is 5.11 Å². The van der Waals surface area contributed by atoms with Crippen LogP contribution in [0.15, 0.2) is 0 Å². The number of aliphatic hydroxyl groups is 1. The Bertz CT molecular complexity index is 112. The van der Waals surface area contributed by atoms with E-state index in [0.29, 0.717) is 6.61 Å². The molecule has 2 atom stereocenters. The Balaban J connectivity index is 2.24. The van der Waals surface area contributed by atoms with Crippen LogP contribution in [-0.4, -0.2) is 11.7 Å². The fourth-order valence-corrected chi connectivity index (χ4v) is 2.33. The van der Waals surface area contributed by atoms with E-state index in [4.69, 9.17) is 5.11 Å². The predicted molar refractivity (Wildman–Crippen MR) is 52.1 cm³/mol. The summed E-state index contributed by atoms with van der Waals surface area (Å²) in [6, 6.07) is 0. The van der Waals surface area contributed by atoms with Gasteiger partial charge in [0.1, 0.15) is 0 Å². The molecule has 1 rings (SSSR count). The van der Waals surface area contributed by atoms with E-state index in [1.54, 1.807) is 0 Å². The minimum absolute atomic E-state index is 0.390. The first-order valence-electron chi connectivity index (χ1n) is 5.47. The van der Waals surface area contributed by atoms with Gasteiger partial charge in [0.05, 0.1) is 0 Å². The molecule has 0 amide bonds. The summed E-state index contributed by atoms with van der Waals surface area (Å²) in [5.74, 6) is 1.81. The van der Waals surface area contributed by atoms with E-state index in [9.17, 15) is 0 Å². The van der Waals surface area contributed by atoms with Crippen LogP contribution >= 0.6 is 0 Å². The van der Waals surface area contributed by atoms with E-state index in [2.05, 4.69) is 6.92 Å². The van der Waals surface area contributed by atoms with Gasteiger partial charge in [-0.3, -0.25) is 0 Å². The second kappa shape index (κ2) is 5.58. The summed E-state index contributed by atoms with van der Waals surface area (Å²) in [4.78, 5) is 0. The van der Waals surface area contributed by atoms with Crippen LogP contribution in [0.4, 0.5) is 0 Å². The SMILES string of the molecule is CCC1CCCC(CCO)CC1. The van der Waals surface area contributed by atoms with Crippen LogP contribution in [0.5, 0.6) is 0 Å². The fourth-order valence-electron chi connectivity index (χ4n) is 2.33. The minimum atomic E-state index is 0.390. The Hall–Kier alpha value is -0.0400. The van der Waals surface area contributed by atoms with Gasteiger partial charge in [0, 0.05) is 6.61 Å². The van der Waals surface area contributed by atoms with Crippen LogP contribution < -0.4 is 0 Å². The van der Waals surface area contributed by atoms with E-state index in [-0.39, 0.29) is 0 Å². The van der Waals surface area contributed by atoms with Gasteiger partial charge in [-0.25, -0.2) is 0 Å². The van der Waals surface area contributed by atoms with Gasteiger partial charge in [-0.2, -0.15) is 0 Å². The Morgan fingerprint density at radius 1 is 1.08 bits per heavy atom. The normalized spacial score (nSPS) is 31.5. The second-order valence-electron chi connectivity index (χ2n) is 4.16. The quantitative estimate of drug-likeness (QED) is 0.646. The van der Waals surface area contributed by atoms with Crippen molar-refractivity contribution in [1.29, 1.82) is 0 Å². The van der Waals surface area contributed by atoms with Gasteiger partial charge in [0.15, 0.2) is 0 Å². The van der Waals surface area contributed by atoms with Crippen molar-refractivity contribution in [3.05, 3.63) is 0 Å². The Morgan fingerprint density at radius 3 is 2.42 bits per heavy atom. The molecule has 1 heteroatoms. The van der Waals surface area contributed by atoms with E-state index in [1.165, 1.54) is 38.5 Å². The molecule has 72 valence electrons. The number of aliphatic hydroxyl groups excluding tert-OH is 1. The molecule has 1 aliphatic carbocycles. The summed E-state index contributed by atoms with van der Waals surface area (Å²) in [7, 11) is 0. The van der Waals surface area contributed by atoms with Crippen LogP contribution in [0.3, 0.4) is 0 Å². The summed E-state index contributed by atoms with van der Waals surface area (Å²) in [5.41, 5.74) is 0. The van der Waals surface area contributed by atoms with Crippen LogP contribution in [0.25, 0.3) is 0 Å². The largest absolute Gasteiger partial charge is 0.396 e. The van der Waals surface area contributed by atoms with Crippen molar-refractivity contribution in [2.75, 3.05) is 6.61 Å². The maximum atomic E-state index is 8.83. The topological polar surface area (TPSA) is 20.2 Å².